The average Bonchev–Trinajstić information content (AvgIpc) is 4.04. The van der Waals surface area contributed by atoms with Crippen LogP contribution in [0, 0.1) is 0 Å². The third-order valence-electron chi connectivity index (χ3n) is 14.3. The van der Waals surface area contributed by atoms with E-state index in [1.807, 2.05) is 60.5 Å². The lowest BCUT2D eigenvalue weighted by molar-refractivity contribution is -0.144. The second-order valence-electron chi connectivity index (χ2n) is 21.2. The maximum Gasteiger partial charge on any atom is 0.416 e. The van der Waals surface area contributed by atoms with Crippen LogP contribution in [0.3, 0.4) is 0 Å². The summed E-state index contributed by atoms with van der Waals surface area (Å²) in [4.78, 5) is 28.9. The van der Waals surface area contributed by atoms with E-state index in [1.165, 1.54) is 26.7 Å². The number of nitrogens with one attached hydrogen (secondary N) is 2. The standard InChI is InChI=1S/C26H29F6N3O2.C25H31F6N3O.C4H8O.C3H6O/c1-34-10-7-22(8-11-34)35-12-9-24(33-23(35)36,19-5-3-2-4-6-19)17-37-16-18-13-20(25(27,28)29)15-21(14-18)26(30,31)32;1-34-11-7-22(8-12-34)33-10-9-23(32,19-5-3-2-4-6-19)17-35-16-18-13-20(24(26,27)28)15-21(14-18)25(29,30)31;1-2-4-5-3-1;1-3(2)4/h2-6,13-15,22H,7-12,16-17H2,1H3,(H,33,36);2-6,13-15,22,33H,7-12,16-17,32H2,1H3;1-4H2;1-2H3. The largest absolute Gasteiger partial charge is 0.416 e. The molecule has 8 rings (SSSR count). The zero-order chi connectivity index (χ0) is 59.7. The van der Waals surface area contributed by atoms with Gasteiger partial charge < -0.3 is 50.1 Å². The summed E-state index contributed by atoms with van der Waals surface area (Å²) in [6.07, 6.45) is -12.4. The molecule has 0 spiro atoms. The van der Waals surface area contributed by atoms with E-state index in [0.29, 0.717) is 56.2 Å². The molecular weight excluding hydrogens is 1090 g/mol. The van der Waals surface area contributed by atoms with Gasteiger partial charge in [-0.15, -0.1) is 0 Å². The summed E-state index contributed by atoms with van der Waals surface area (Å²) < 4.78 is 175. The Morgan fingerprint density at radius 3 is 1.49 bits per heavy atom. The number of benzene rings is 4. The van der Waals surface area contributed by atoms with Crippen LogP contribution in [0.5, 0.6) is 0 Å². The molecule has 4 aromatic carbocycles. The molecule has 23 heteroatoms. The molecule has 2 unspecified atom stereocenters. The molecule has 0 bridgehead atoms. The van der Waals surface area contributed by atoms with Crippen molar-refractivity contribution >= 4 is 11.8 Å². The summed E-state index contributed by atoms with van der Waals surface area (Å²) >= 11 is 0. The summed E-state index contributed by atoms with van der Waals surface area (Å²) in [7, 11) is 4.11. The molecule has 0 saturated carbocycles. The lowest BCUT2D eigenvalue weighted by Gasteiger charge is -2.46. The molecule has 4 heterocycles. The van der Waals surface area contributed by atoms with Crippen LogP contribution in [0.2, 0.25) is 0 Å². The van der Waals surface area contributed by atoms with Gasteiger partial charge in [-0.3, -0.25) is 0 Å². The fraction of sp³-hybridized carbons (Fsp3) is 0.552. The second kappa shape index (κ2) is 29.8. The Morgan fingerprint density at radius 2 is 1.07 bits per heavy atom. The fourth-order valence-electron chi connectivity index (χ4n) is 9.76. The maximum absolute atomic E-state index is 13.2. The SMILES string of the molecule is C1CCOC1.CC(C)=O.CN1CCC(N2CCC(COCc3cc(C(F)(F)F)cc(C(F)(F)F)c3)(c3ccccc3)NC2=O)CC1.CN1CCC(NCCC(N)(COCc2cc(C(F)(F)F)cc(C(F)(F)F)c2)c2ccccc2)CC1. The van der Waals surface area contributed by atoms with Crippen molar-refractivity contribution in [2.75, 3.05) is 79.8 Å². The van der Waals surface area contributed by atoms with Crippen LogP contribution in [-0.2, 0) is 68.0 Å². The number of amides is 2. The Morgan fingerprint density at radius 1 is 0.642 bits per heavy atom. The number of nitrogens with zero attached hydrogens (tertiary/aromatic N) is 3. The second-order valence-corrected chi connectivity index (χ2v) is 21.2. The van der Waals surface area contributed by atoms with Crippen molar-refractivity contribution in [3.63, 3.8) is 0 Å². The van der Waals surface area contributed by atoms with Crippen LogP contribution in [0.25, 0.3) is 0 Å². The number of ketones is 1. The van der Waals surface area contributed by atoms with Crippen molar-refractivity contribution in [3.8, 4) is 0 Å². The molecule has 4 aliphatic heterocycles. The number of hydrogen-bond donors (Lipinski definition) is 3. The van der Waals surface area contributed by atoms with Gasteiger partial charge in [0.1, 0.15) is 5.78 Å². The first-order valence-corrected chi connectivity index (χ1v) is 26.8. The average molecular weight is 1160 g/mol. The number of rotatable bonds is 15. The molecule has 81 heavy (non-hydrogen) atoms. The van der Waals surface area contributed by atoms with Crippen molar-refractivity contribution in [2.24, 2.45) is 5.73 Å². The van der Waals surface area contributed by atoms with E-state index in [-0.39, 0.29) is 54.3 Å². The number of halogens is 12. The number of carbonyl (C=O) groups is 2. The number of urea groups is 1. The van der Waals surface area contributed by atoms with Gasteiger partial charge in [0.15, 0.2) is 0 Å². The van der Waals surface area contributed by atoms with Crippen LogP contribution in [0.15, 0.2) is 97.1 Å². The number of hydrogen-bond acceptors (Lipinski definition) is 9. The van der Waals surface area contributed by atoms with Crippen molar-refractivity contribution in [1.29, 1.82) is 0 Å². The number of Topliss-reactive ketones (excluding diaryl/α,β-unsaturated/α-hetero) is 1. The maximum atomic E-state index is 13.2. The minimum absolute atomic E-state index is 0.0658. The molecule has 4 fully saturated rings. The number of carbonyl (C=O) groups excluding carboxylic acids is 2. The van der Waals surface area contributed by atoms with Crippen molar-refractivity contribution < 1.29 is 76.5 Å². The van der Waals surface area contributed by atoms with E-state index in [9.17, 15) is 62.3 Å². The molecule has 4 saturated heterocycles. The van der Waals surface area contributed by atoms with E-state index in [1.54, 1.807) is 12.1 Å². The Kier molecular flexibility index (Phi) is 24.5. The summed E-state index contributed by atoms with van der Waals surface area (Å²) in [5.74, 6) is 0.167. The van der Waals surface area contributed by atoms with E-state index in [4.69, 9.17) is 19.9 Å². The van der Waals surface area contributed by atoms with Gasteiger partial charge >= 0.3 is 30.7 Å². The topological polar surface area (TPSA) is 122 Å². The Bertz CT molecular complexity index is 2480. The van der Waals surface area contributed by atoms with Gasteiger partial charge in [0.25, 0.3) is 0 Å². The van der Waals surface area contributed by atoms with Crippen molar-refractivity contribution in [1.82, 2.24) is 25.3 Å². The molecule has 0 aliphatic carbocycles. The third kappa shape index (κ3) is 21.4. The molecule has 4 aromatic rings. The zero-order valence-electron chi connectivity index (χ0n) is 46.0. The van der Waals surface area contributed by atoms with Gasteiger partial charge in [-0.1, -0.05) is 60.7 Å². The molecule has 0 aromatic heterocycles. The molecule has 0 radical (unpaired) electrons. The number of nitrogens with two attached hydrogens (primary N) is 1. The lowest BCUT2D eigenvalue weighted by Crippen LogP contribution is -2.62. The molecule has 2 atom stereocenters. The van der Waals surface area contributed by atoms with Crippen molar-refractivity contribution in [2.45, 2.75) is 126 Å². The molecule has 4 N–H and O–H groups in total. The van der Waals surface area contributed by atoms with Crippen LogP contribution in [0.1, 0.15) is 110 Å². The van der Waals surface area contributed by atoms with E-state index < -0.39 is 71.3 Å². The fourth-order valence-corrected chi connectivity index (χ4v) is 9.76. The van der Waals surface area contributed by atoms with Gasteiger partial charge in [-0.05, 0) is 171 Å². The minimum Gasteiger partial charge on any atom is -0.381 e. The molecule has 4 aliphatic rings. The first-order valence-electron chi connectivity index (χ1n) is 26.8. The highest BCUT2D eigenvalue weighted by Crippen LogP contribution is 2.39. The monoisotopic (exact) mass is 1160 g/mol. The highest BCUT2D eigenvalue weighted by atomic mass is 19.4. The molecule has 2 amide bonds. The van der Waals surface area contributed by atoms with Gasteiger partial charge in [0.2, 0.25) is 0 Å². The Labute approximate surface area is 465 Å². The quantitative estimate of drug-likeness (QED) is 0.0999. The third-order valence-corrected chi connectivity index (χ3v) is 14.3. The van der Waals surface area contributed by atoms with Gasteiger partial charge in [0, 0.05) is 31.8 Å². The molecular formula is C58H74F12N6O5. The smallest absolute Gasteiger partial charge is 0.381 e. The Balaban J connectivity index is 0.000000258. The predicted octanol–water partition coefficient (Wildman–Crippen LogP) is 12.2. The summed E-state index contributed by atoms with van der Waals surface area (Å²) in [6, 6.07) is 21.3. The first kappa shape index (κ1) is 66.5. The van der Waals surface area contributed by atoms with Crippen molar-refractivity contribution in [3.05, 3.63) is 142 Å². The number of ether oxygens (including phenoxy) is 3. The molecule has 450 valence electrons. The van der Waals surface area contributed by atoms with Gasteiger partial charge in [-0.2, -0.15) is 52.7 Å². The van der Waals surface area contributed by atoms with Crippen LogP contribution < -0.4 is 16.4 Å². The highest BCUT2D eigenvalue weighted by Gasteiger charge is 2.43. The minimum atomic E-state index is -4.93. The highest BCUT2D eigenvalue weighted by molar-refractivity contribution is 5.77. The summed E-state index contributed by atoms with van der Waals surface area (Å²) in [5, 5.41) is 6.56. The van der Waals surface area contributed by atoms with Crippen LogP contribution in [-0.4, -0.2) is 118 Å². The van der Waals surface area contributed by atoms with Gasteiger partial charge in [-0.25, -0.2) is 4.79 Å². The summed E-state index contributed by atoms with van der Waals surface area (Å²) in [5.41, 5.74) is 0.320. The normalized spacial score (nSPS) is 19.7. The first-order chi connectivity index (χ1) is 38.0. The van der Waals surface area contributed by atoms with Crippen LogP contribution in [0.4, 0.5) is 57.5 Å². The van der Waals surface area contributed by atoms with E-state index >= 15 is 0 Å². The number of piperidine rings is 2. The lowest BCUT2D eigenvalue weighted by atomic mass is 9.85. The number of alkyl halides is 12. The summed E-state index contributed by atoms with van der Waals surface area (Å²) in [6.45, 7) is 8.82. The number of likely N-dealkylation sites (tertiary alicyclic amines) is 2. The Hall–Kier alpha value is -5.30. The van der Waals surface area contributed by atoms with Gasteiger partial charge in [0.05, 0.1) is 59.8 Å². The zero-order valence-corrected chi connectivity index (χ0v) is 46.0. The predicted molar refractivity (Wildman–Crippen MR) is 283 cm³/mol. The molecule has 11 nitrogen and oxygen atoms in total. The van der Waals surface area contributed by atoms with E-state index in [0.717, 1.165) is 76.2 Å². The van der Waals surface area contributed by atoms with E-state index in [2.05, 4.69) is 27.5 Å². The van der Waals surface area contributed by atoms with Crippen LogP contribution >= 0.6 is 0 Å².